The third-order valence-electron chi connectivity index (χ3n) is 4.18. The summed E-state index contributed by atoms with van der Waals surface area (Å²) in [6.45, 7) is -0.161. The summed E-state index contributed by atoms with van der Waals surface area (Å²) in [4.78, 5) is 16.6. The van der Waals surface area contributed by atoms with Gasteiger partial charge in [-0.1, -0.05) is 47.5 Å². The number of aromatic nitrogens is 1. The highest BCUT2D eigenvalue weighted by molar-refractivity contribution is 6.35. The molecule has 0 bridgehead atoms. The van der Waals surface area contributed by atoms with Gasteiger partial charge in [0, 0.05) is 17.1 Å². The van der Waals surface area contributed by atoms with Crippen LogP contribution in [0.2, 0.25) is 10.0 Å². The topological polar surface area (TPSA) is 64.4 Å². The highest BCUT2D eigenvalue weighted by Gasteiger charge is 2.09. The average molecular weight is 427 g/mol. The van der Waals surface area contributed by atoms with Gasteiger partial charge in [0.2, 0.25) is 0 Å². The third kappa shape index (κ3) is 4.88. The number of nitrogens with one attached hydrogen (secondary N) is 1. The molecule has 0 saturated carbocycles. The fourth-order valence-corrected chi connectivity index (χ4v) is 3.27. The van der Waals surface area contributed by atoms with Gasteiger partial charge < -0.3 is 14.5 Å². The van der Waals surface area contributed by atoms with Crippen LogP contribution < -0.4 is 10.1 Å². The number of rotatable bonds is 6. The number of amides is 1. The molecule has 0 aliphatic heterocycles. The number of carbonyl (C=O) groups is 1. The summed E-state index contributed by atoms with van der Waals surface area (Å²) in [5, 5.41) is 3.64. The number of hydrogen-bond acceptors (Lipinski definition) is 4. The molecule has 3 aromatic carbocycles. The summed E-state index contributed by atoms with van der Waals surface area (Å²) < 4.78 is 11.2. The monoisotopic (exact) mass is 426 g/mol. The lowest BCUT2D eigenvalue weighted by molar-refractivity contribution is -0.118. The lowest BCUT2D eigenvalue weighted by atomic mass is 10.1. The zero-order chi connectivity index (χ0) is 20.2. The summed E-state index contributed by atoms with van der Waals surface area (Å²) >= 11 is 11.9. The predicted octanol–water partition coefficient (Wildman–Crippen LogP) is 5.74. The van der Waals surface area contributed by atoms with E-state index in [1.807, 2.05) is 48.5 Å². The molecule has 0 atom stereocenters. The summed E-state index contributed by atoms with van der Waals surface area (Å²) in [6, 6.07) is 20.0. The van der Waals surface area contributed by atoms with Gasteiger partial charge in [-0.25, -0.2) is 4.98 Å². The summed E-state index contributed by atoms with van der Waals surface area (Å²) in [5.74, 6) is 0.763. The Kier molecular flexibility index (Phi) is 5.69. The van der Waals surface area contributed by atoms with Crippen molar-refractivity contribution in [1.82, 2.24) is 4.98 Å². The molecule has 1 amide bonds. The van der Waals surface area contributed by atoms with Crippen molar-refractivity contribution >= 4 is 45.9 Å². The highest BCUT2D eigenvalue weighted by atomic mass is 35.5. The number of oxazole rings is 1. The fourth-order valence-electron chi connectivity index (χ4n) is 2.81. The number of benzene rings is 3. The minimum absolute atomic E-state index is 0.161. The van der Waals surface area contributed by atoms with Crippen LogP contribution in [0.4, 0.5) is 5.69 Å². The van der Waals surface area contributed by atoms with Crippen LogP contribution >= 0.6 is 23.2 Å². The van der Waals surface area contributed by atoms with Gasteiger partial charge in [0.15, 0.2) is 18.1 Å². The van der Waals surface area contributed by atoms with Crippen LogP contribution in [0.25, 0.3) is 11.1 Å². The molecule has 0 aliphatic carbocycles. The summed E-state index contributed by atoms with van der Waals surface area (Å²) in [6.07, 6.45) is 0.571. The first-order valence-corrected chi connectivity index (χ1v) is 9.63. The molecule has 1 heterocycles. The van der Waals surface area contributed by atoms with Gasteiger partial charge in [-0.15, -0.1) is 0 Å². The van der Waals surface area contributed by atoms with Gasteiger partial charge in [-0.3, -0.25) is 4.79 Å². The SMILES string of the molecule is O=C(COc1ccc(Cl)cc1Cl)Nc1ccc(Cc2nc3ccccc3o2)cc1. The fraction of sp³-hybridized carbons (Fsp3) is 0.0909. The second-order valence-electron chi connectivity index (χ2n) is 6.36. The molecule has 146 valence electrons. The number of anilines is 1. The molecule has 5 nitrogen and oxygen atoms in total. The van der Waals surface area contributed by atoms with Crippen LogP contribution in [0.5, 0.6) is 5.75 Å². The zero-order valence-electron chi connectivity index (χ0n) is 15.2. The normalized spacial score (nSPS) is 10.8. The van der Waals surface area contributed by atoms with E-state index in [9.17, 15) is 4.79 Å². The Labute approximate surface area is 177 Å². The maximum Gasteiger partial charge on any atom is 0.262 e. The van der Waals surface area contributed by atoms with E-state index in [0.29, 0.717) is 33.8 Å². The molecule has 0 aliphatic rings. The number of nitrogens with zero attached hydrogens (tertiary/aromatic N) is 1. The van der Waals surface area contributed by atoms with E-state index in [4.69, 9.17) is 32.4 Å². The first-order valence-electron chi connectivity index (χ1n) is 8.88. The van der Waals surface area contributed by atoms with Crippen LogP contribution in [0, 0.1) is 0 Å². The number of halogens is 2. The van der Waals surface area contributed by atoms with Gasteiger partial charge >= 0.3 is 0 Å². The van der Waals surface area contributed by atoms with Crippen LogP contribution in [0.15, 0.2) is 71.1 Å². The van der Waals surface area contributed by atoms with Crippen molar-refractivity contribution in [3.05, 3.63) is 88.2 Å². The van der Waals surface area contributed by atoms with Crippen molar-refractivity contribution in [3.8, 4) is 5.75 Å². The molecular weight excluding hydrogens is 411 g/mol. The van der Waals surface area contributed by atoms with Crippen LogP contribution in [-0.2, 0) is 11.2 Å². The van der Waals surface area contributed by atoms with Crippen molar-refractivity contribution < 1.29 is 13.9 Å². The first-order chi connectivity index (χ1) is 14.1. The van der Waals surface area contributed by atoms with Crippen molar-refractivity contribution in [2.45, 2.75) is 6.42 Å². The van der Waals surface area contributed by atoms with Gasteiger partial charge in [0.05, 0.1) is 5.02 Å². The van der Waals surface area contributed by atoms with Crippen LogP contribution in [0.1, 0.15) is 11.5 Å². The van der Waals surface area contributed by atoms with Gasteiger partial charge in [-0.2, -0.15) is 0 Å². The molecule has 0 fully saturated rings. The lowest BCUT2D eigenvalue weighted by Crippen LogP contribution is -2.20. The van der Waals surface area contributed by atoms with E-state index in [1.165, 1.54) is 0 Å². The molecule has 0 spiro atoms. The molecule has 0 unspecified atom stereocenters. The Morgan fingerprint density at radius 1 is 1.03 bits per heavy atom. The van der Waals surface area contributed by atoms with Crippen molar-refractivity contribution in [2.24, 2.45) is 0 Å². The smallest absolute Gasteiger partial charge is 0.262 e. The Balaban J connectivity index is 1.33. The second kappa shape index (κ2) is 8.55. The summed E-state index contributed by atoms with van der Waals surface area (Å²) in [5.41, 5.74) is 3.31. The third-order valence-corrected chi connectivity index (χ3v) is 4.71. The minimum atomic E-state index is -0.289. The number of carbonyl (C=O) groups excluding carboxylic acids is 1. The number of para-hydroxylation sites is 2. The second-order valence-corrected chi connectivity index (χ2v) is 7.20. The lowest BCUT2D eigenvalue weighted by Gasteiger charge is -2.09. The van der Waals surface area contributed by atoms with E-state index < -0.39 is 0 Å². The average Bonchev–Trinajstić information content (AvgIpc) is 3.11. The maximum atomic E-state index is 12.1. The Bertz CT molecular complexity index is 1120. The van der Waals surface area contributed by atoms with E-state index in [-0.39, 0.29) is 12.5 Å². The van der Waals surface area contributed by atoms with E-state index in [2.05, 4.69) is 10.3 Å². The standard InChI is InChI=1S/C22H16Cl2N2O3/c23-15-7-10-19(17(24)12-15)28-13-21(27)25-16-8-5-14(6-9-16)11-22-26-18-3-1-2-4-20(18)29-22/h1-10,12H,11,13H2,(H,25,27). The Morgan fingerprint density at radius 3 is 2.59 bits per heavy atom. The van der Waals surface area contributed by atoms with Gasteiger partial charge in [0.25, 0.3) is 5.91 Å². The Morgan fingerprint density at radius 2 is 1.83 bits per heavy atom. The first kappa shape index (κ1) is 19.3. The molecule has 4 rings (SSSR count). The van der Waals surface area contributed by atoms with E-state index in [0.717, 1.165) is 16.7 Å². The predicted molar refractivity (Wildman–Crippen MR) is 114 cm³/mol. The zero-order valence-corrected chi connectivity index (χ0v) is 16.7. The quantitative estimate of drug-likeness (QED) is 0.426. The molecule has 1 N–H and O–H groups in total. The number of ether oxygens (including phenoxy) is 1. The van der Waals surface area contributed by atoms with E-state index >= 15 is 0 Å². The molecule has 7 heteroatoms. The van der Waals surface area contributed by atoms with Crippen molar-refractivity contribution in [1.29, 1.82) is 0 Å². The molecule has 1 aromatic heterocycles. The molecule has 4 aromatic rings. The summed E-state index contributed by atoms with van der Waals surface area (Å²) in [7, 11) is 0. The van der Waals surface area contributed by atoms with Crippen LogP contribution in [-0.4, -0.2) is 17.5 Å². The molecule has 29 heavy (non-hydrogen) atoms. The Hall–Kier alpha value is -3.02. The highest BCUT2D eigenvalue weighted by Crippen LogP contribution is 2.27. The van der Waals surface area contributed by atoms with Crippen LogP contribution in [0.3, 0.4) is 0 Å². The van der Waals surface area contributed by atoms with Crippen molar-refractivity contribution in [2.75, 3.05) is 11.9 Å². The molecule has 0 saturated heterocycles. The largest absolute Gasteiger partial charge is 0.482 e. The molecule has 0 radical (unpaired) electrons. The van der Waals surface area contributed by atoms with E-state index in [1.54, 1.807) is 18.2 Å². The van der Waals surface area contributed by atoms with Gasteiger partial charge in [0.1, 0.15) is 11.3 Å². The molecular formula is C22H16Cl2N2O3. The minimum Gasteiger partial charge on any atom is -0.482 e. The van der Waals surface area contributed by atoms with Crippen molar-refractivity contribution in [3.63, 3.8) is 0 Å². The maximum absolute atomic E-state index is 12.1. The van der Waals surface area contributed by atoms with Gasteiger partial charge in [-0.05, 0) is 48.0 Å². The number of hydrogen-bond donors (Lipinski definition) is 1. The number of fused-ring (bicyclic) bond motifs is 1.